The number of hydrogen-bond donors (Lipinski definition) is 3. The van der Waals surface area contributed by atoms with Gasteiger partial charge in [0.05, 0.1) is 4.90 Å². The second kappa shape index (κ2) is 9.08. The summed E-state index contributed by atoms with van der Waals surface area (Å²) in [4.78, 5) is 14.8. The number of benzene rings is 2. The number of sulfonamides is 1. The van der Waals surface area contributed by atoms with Gasteiger partial charge >= 0.3 is 0 Å². The molecule has 0 spiro atoms. The molecule has 0 aromatic heterocycles. The molecule has 1 fully saturated rings. The third kappa shape index (κ3) is 5.51. The molecular formula is C23H31N3O4S. The maximum absolute atomic E-state index is 12.9. The Morgan fingerprint density at radius 3 is 2.35 bits per heavy atom. The number of nitrogens with one attached hydrogen (secondary N) is 2. The van der Waals surface area contributed by atoms with E-state index in [0.29, 0.717) is 16.8 Å². The number of aryl methyl sites for hydroxylation is 2. The fourth-order valence-electron chi connectivity index (χ4n) is 3.95. The van der Waals surface area contributed by atoms with Crippen molar-refractivity contribution in [1.82, 2.24) is 9.62 Å². The topological polar surface area (TPSA) is 98.7 Å². The van der Waals surface area contributed by atoms with Crippen molar-refractivity contribution < 1.29 is 18.3 Å². The van der Waals surface area contributed by atoms with Crippen LogP contribution in [0.1, 0.15) is 41.3 Å². The predicted octanol–water partition coefficient (Wildman–Crippen LogP) is 2.88. The molecule has 1 aliphatic rings. The Morgan fingerprint density at radius 1 is 1.10 bits per heavy atom. The summed E-state index contributed by atoms with van der Waals surface area (Å²) >= 11 is 0. The van der Waals surface area contributed by atoms with E-state index < -0.39 is 15.7 Å². The molecule has 2 aromatic carbocycles. The highest BCUT2D eigenvalue weighted by atomic mass is 32.2. The van der Waals surface area contributed by atoms with Crippen molar-refractivity contribution in [3.05, 3.63) is 59.2 Å². The van der Waals surface area contributed by atoms with Crippen molar-refractivity contribution >= 4 is 21.6 Å². The zero-order valence-electron chi connectivity index (χ0n) is 18.5. The van der Waals surface area contributed by atoms with Gasteiger partial charge in [-0.05, 0) is 89.1 Å². The Bertz CT molecular complexity index is 1060. The van der Waals surface area contributed by atoms with Crippen molar-refractivity contribution in [1.29, 1.82) is 0 Å². The summed E-state index contributed by atoms with van der Waals surface area (Å²) in [6.45, 7) is 6.75. The summed E-state index contributed by atoms with van der Waals surface area (Å²) < 4.78 is 28.4. The Kier molecular flexibility index (Phi) is 6.85. The quantitative estimate of drug-likeness (QED) is 0.594. The Morgan fingerprint density at radius 2 is 1.74 bits per heavy atom. The predicted molar refractivity (Wildman–Crippen MR) is 121 cm³/mol. The van der Waals surface area contributed by atoms with Crippen LogP contribution < -0.4 is 10.0 Å². The number of likely N-dealkylation sites (tertiary alicyclic amines) is 1. The van der Waals surface area contributed by atoms with Crippen molar-refractivity contribution in [3.63, 3.8) is 0 Å². The van der Waals surface area contributed by atoms with E-state index in [1.807, 2.05) is 26.1 Å². The molecule has 1 amide bonds. The van der Waals surface area contributed by atoms with Crippen LogP contribution in [0.2, 0.25) is 0 Å². The lowest BCUT2D eigenvalue weighted by Gasteiger charge is -2.38. The van der Waals surface area contributed by atoms with Gasteiger partial charge < -0.3 is 15.3 Å². The van der Waals surface area contributed by atoms with Crippen molar-refractivity contribution in [2.24, 2.45) is 5.92 Å². The van der Waals surface area contributed by atoms with Crippen LogP contribution in [0.15, 0.2) is 47.4 Å². The lowest BCUT2D eigenvalue weighted by molar-refractivity contribution is -0.0343. The fraction of sp³-hybridized carbons (Fsp3) is 0.435. The summed E-state index contributed by atoms with van der Waals surface area (Å²) in [5.41, 5.74) is 1.04. The first kappa shape index (κ1) is 23.4. The molecule has 31 heavy (non-hydrogen) atoms. The van der Waals surface area contributed by atoms with Crippen LogP contribution in [0.5, 0.6) is 0 Å². The lowest BCUT2D eigenvalue weighted by atomic mass is 9.88. The first-order chi connectivity index (χ1) is 14.5. The summed E-state index contributed by atoms with van der Waals surface area (Å²) in [5, 5.41) is 13.7. The second-order valence-corrected chi connectivity index (χ2v) is 10.3. The van der Waals surface area contributed by atoms with Gasteiger partial charge in [0.25, 0.3) is 5.91 Å². The number of hydrogen-bond acceptors (Lipinski definition) is 5. The Hall–Kier alpha value is -2.26. The van der Waals surface area contributed by atoms with Crippen LogP contribution in [0.4, 0.5) is 5.69 Å². The zero-order valence-corrected chi connectivity index (χ0v) is 19.3. The number of anilines is 1. The minimum atomic E-state index is -3.93. The largest absolute Gasteiger partial charge is 0.375 e. The number of piperidine rings is 1. The van der Waals surface area contributed by atoms with Crippen molar-refractivity contribution in [2.75, 3.05) is 25.5 Å². The number of amides is 1. The zero-order chi connectivity index (χ0) is 22.8. The van der Waals surface area contributed by atoms with Crippen LogP contribution in [0.3, 0.4) is 0 Å². The van der Waals surface area contributed by atoms with Gasteiger partial charge in [0.1, 0.15) is 5.72 Å². The highest BCUT2D eigenvalue weighted by molar-refractivity contribution is 7.89. The number of aliphatic hydroxyl groups is 1. The van der Waals surface area contributed by atoms with E-state index in [0.717, 1.165) is 31.5 Å². The van der Waals surface area contributed by atoms with Crippen molar-refractivity contribution in [2.45, 2.75) is 44.2 Å². The fourth-order valence-corrected chi connectivity index (χ4v) is 5.35. The Labute approximate surface area is 184 Å². The monoisotopic (exact) mass is 445 g/mol. The SMILES string of the molecule is Cc1cc(S(=O)(=O)N[C@@](C)(O)C2CCN(C)CC2)ccc1NC(=O)c1ccccc1C. The molecule has 0 bridgehead atoms. The highest BCUT2D eigenvalue weighted by Crippen LogP contribution is 2.28. The normalized spacial score (nSPS) is 17.8. The van der Waals surface area contributed by atoms with Crippen molar-refractivity contribution in [3.8, 4) is 0 Å². The first-order valence-electron chi connectivity index (χ1n) is 10.4. The van der Waals surface area contributed by atoms with Gasteiger partial charge in [0, 0.05) is 17.2 Å². The van der Waals surface area contributed by atoms with Crippen LogP contribution in [-0.4, -0.2) is 50.2 Å². The van der Waals surface area contributed by atoms with Crippen LogP contribution >= 0.6 is 0 Å². The maximum atomic E-state index is 12.9. The van der Waals surface area contributed by atoms with E-state index in [1.165, 1.54) is 19.1 Å². The summed E-state index contributed by atoms with van der Waals surface area (Å²) in [6, 6.07) is 11.8. The molecule has 1 aliphatic heterocycles. The molecule has 1 saturated heterocycles. The number of nitrogens with zero attached hydrogens (tertiary/aromatic N) is 1. The summed E-state index contributed by atoms with van der Waals surface area (Å²) in [6.07, 6.45) is 1.43. The minimum absolute atomic E-state index is 0.0482. The van der Waals surface area contributed by atoms with Gasteiger partial charge in [-0.2, -0.15) is 4.72 Å². The third-order valence-electron chi connectivity index (χ3n) is 6.00. The van der Waals surface area contributed by atoms with Gasteiger partial charge in [0.15, 0.2) is 0 Å². The standard InChI is InChI=1S/C23H31N3O4S/c1-16-7-5-6-8-20(16)22(27)24-21-10-9-19(15-17(21)2)31(29,30)25-23(3,28)18-11-13-26(4)14-12-18/h5-10,15,18,25,28H,11-14H2,1-4H3,(H,24,27)/t23-/m0/s1. The van der Waals surface area contributed by atoms with E-state index in [2.05, 4.69) is 14.9 Å². The molecule has 0 saturated carbocycles. The third-order valence-corrected chi connectivity index (χ3v) is 7.56. The molecule has 1 atom stereocenters. The minimum Gasteiger partial charge on any atom is -0.375 e. The van der Waals surface area contributed by atoms with Crippen LogP contribution in [0, 0.1) is 19.8 Å². The van der Waals surface area contributed by atoms with E-state index in [-0.39, 0.29) is 16.7 Å². The average molecular weight is 446 g/mol. The molecular weight excluding hydrogens is 414 g/mol. The van der Waals surface area contributed by atoms with E-state index >= 15 is 0 Å². The van der Waals surface area contributed by atoms with Gasteiger partial charge in [-0.25, -0.2) is 8.42 Å². The second-order valence-electron chi connectivity index (χ2n) is 8.58. The molecule has 3 N–H and O–H groups in total. The molecule has 1 heterocycles. The van der Waals surface area contributed by atoms with Gasteiger partial charge in [-0.15, -0.1) is 0 Å². The van der Waals surface area contributed by atoms with E-state index in [9.17, 15) is 18.3 Å². The molecule has 0 aliphatic carbocycles. The summed E-state index contributed by atoms with van der Waals surface area (Å²) in [5.74, 6) is -0.410. The Balaban J connectivity index is 1.75. The van der Waals surface area contributed by atoms with Gasteiger partial charge in [-0.1, -0.05) is 18.2 Å². The molecule has 168 valence electrons. The number of carbonyl (C=O) groups is 1. The van der Waals surface area contributed by atoms with E-state index in [1.54, 1.807) is 25.1 Å². The molecule has 0 unspecified atom stereocenters. The number of rotatable bonds is 6. The van der Waals surface area contributed by atoms with Gasteiger partial charge in [0.2, 0.25) is 10.0 Å². The summed E-state index contributed by atoms with van der Waals surface area (Å²) in [7, 11) is -1.92. The lowest BCUT2D eigenvalue weighted by Crippen LogP contribution is -2.53. The first-order valence-corrected chi connectivity index (χ1v) is 11.9. The smallest absolute Gasteiger partial charge is 0.255 e. The van der Waals surface area contributed by atoms with E-state index in [4.69, 9.17) is 0 Å². The molecule has 2 aromatic rings. The number of carbonyl (C=O) groups excluding carboxylic acids is 1. The van der Waals surface area contributed by atoms with Crippen LogP contribution in [0.25, 0.3) is 0 Å². The molecule has 0 radical (unpaired) electrons. The van der Waals surface area contributed by atoms with Gasteiger partial charge in [-0.3, -0.25) is 4.79 Å². The average Bonchev–Trinajstić information content (AvgIpc) is 2.69. The highest BCUT2D eigenvalue weighted by Gasteiger charge is 2.37. The van der Waals surface area contributed by atoms with Crippen LogP contribution in [-0.2, 0) is 10.0 Å². The molecule has 7 nitrogen and oxygen atoms in total. The molecule has 3 rings (SSSR count). The maximum Gasteiger partial charge on any atom is 0.255 e. The molecule has 8 heteroatoms.